The number of carbonyl (C=O) groups excluding carboxylic acids is 1. The number of aromatic nitrogens is 1. The summed E-state index contributed by atoms with van der Waals surface area (Å²) < 4.78 is 9.59. The summed E-state index contributed by atoms with van der Waals surface area (Å²) in [6.45, 7) is 0. The van der Waals surface area contributed by atoms with E-state index in [4.69, 9.17) is 15.6 Å². The molecule has 1 aromatic heterocycles. The lowest BCUT2D eigenvalue weighted by molar-refractivity contribution is 0.1000. The fraction of sp³-hybridized carbons (Fsp3) is 0.0909. The largest absolute Gasteiger partial charge is 0.512 e. The van der Waals surface area contributed by atoms with Crippen molar-refractivity contribution in [2.75, 3.05) is 7.11 Å². The van der Waals surface area contributed by atoms with Crippen LogP contribution in [0.1, 0.15) is 10.4 Å². The van der Waals surface area contributed by atoms with E-state index < -0.39 is 12.1 Å². The molecule has 0 radical (unpaired) electrons. The molecule has 0 aliphatic rings. The summed E-state index contributed by atoms with van der Waals surface area (Å²) >= 11 is 0. The first-order chi connectivity index (χ1) is 8.51. The summed E-state index contributed by atoms with van der Waals surface area (Å²) in [7, 11) is 1.43. The number of methoxy groups -OCH3 is 1. The number of ether oxygens (including phenoxy) is 2. The highest BCUT2D eigenvalue weighted by molar-refractivity contribution is 5.99. The number of rotatable bonds is 3. The molecule has 1 amide bonds. The van der Waals surface area contributed by atoms with Crippen molar-refractivity contribution in [1.29, 1.82) is 0 Å². The van der Waals surface area contributed by atoms with Gasteiger partial charge in [-0.3, -0.25) is 4.79 Å². The van der Waals surface area contributed by atoms with E-state index in [2.05, 4.69) is 9.72 Å². The molecule has 0 saturated heterocycles. The number of benzene rings is 1. The number of hydrogen-bond acceptors (Lipinski definition) is 4. The molecule has 0 bridgehead atoms. The zero-order valence-corrected chi connectivity index (χ0v) is 9.39. The summed E-state index contributed by atoms with van der Waals surface area (Å²) in [6.07, 6.45) is -1.43. The van der Waals surface area contributed by atoms with Crippen LogP contribution in [0.4, 0.5) is 4.79 Å². The molecular weight excluding hydrogens is 240 g/mol. The minimum absolute atomic E-state index is 0.0393. The Bertz CT molecular complexity index is 632. The third-order valence-corrected chi connectivity index (χ3v) is 2.38. The zero-order valence-electron chi connectivity index (χ0n) is 9.39. The van der Waals surface area contributed by atoms with E-state index in [0.29, 0.717) is 16.7 Å². The number of nitrogens with two attached hydrogens (primary N) is 1. The van der Waals surface area contributed by atoms with Gasteiger partial charge in [-0.25, -0.2) is 4.79 Å². The van der Waals surface area contributed by atoms with E-state index in [1.165, 1.54) is 25.3 Å². The minimum atomic E-state index is -1.43. The van der Waals surface area contributed by atoms with Crippen LogP contribution in [-0.2, 0) is 0 Å². The quantitative estimate of drug-likeness (QED) is 0.711. The molecule has 0 spiro atoms. The first-order valence-corrected chi connectivity index (χ1v) is 4.92. The fourth-order valence-corrected chi connectivity index (χ4v) is 1.64. The van der Waals surface area contributed by atoms with Crippen LogP contribution in [0.5, 0.6) is 11.6 Å². The third-order valence-electron chi connectivity index (χ3n) is 2.38. The van der Waals surface area contributed by atoms with Crippen LogP contribution in [0.2, 0.25) is 0 Å². The summed E-state index contributed by atoms with van der Waals surface area (Å²) in [5.74, 6) is -0.166. The topological polar surface area (TPSA) is 115 Å². The van der Waals surface area contributed by atoms with Crippen LogP contribution in [0, 0.1) is 0 Å². The highest BCUT2D eigenvalue weighted by Gasteiger charge is 2.13. The number of H-pyrrole nitrogens is 1. The van der Waals surface area contributed by atoms with Crippen molar-refractivity contribution < 1.29 is 24.2 Å². The molecule has 2 rings (SSSR count). The first kappa shape index (κ1) is 11.8. The second kappa shape index (κ2) is 4.28. The van der Waals surface area contributed by atoms with Crippen LogP contribution in [0.3, 0.4) is 0 Å². The van der Waals surface area contributed by atoms with Crippen molar-refractivity contribution in [3.05, 3.63) is 23.8 Å². The van der Waals surface area contributed by atoms with Gasteiger partial charge in [-0.05, 0) is 12.1 Å². The van der Waals surface area contributed by atoms with E-state index in [0.717, 1.165) is 0 Å². The zero-order chi connectivity index (χ0) is 13.3. The van der Waals surface area contributed by atoms with Crippen LogP contribution >= 0.6 is 0 Å². The molecule has 1 aromatic carbocycles. The Morgan fingerprint density at radius 2 is 2.06 bits per heavy atom. The van der Waals surface area contributed by atoms with Gasteiger partial charge in [0.05, 0.1) is 12.6 Å². The Balaban J connectivity index is 2.59. The summed E-state index contributed by atoms with van der Waals surface area (Å²) in [4.78, 5) is 24.3. The van der Waals surface area contributed by atoms with Gasteiger partial charge in [-0.15, -0.1) is 0 Å². The van der Waals surface area contributed by atoms with Crippen molar-refractivity contribution in [1.82, 2.24) is 4.98 Å². The molecule has 0 atom stereocenters. The molecule has 1 heterocycles. The van der Waals surface area contributed by atoms with Crippen LogP contribution in [0.25, 0.3) is 10.9 Å². The lowest BCUT2D eigenvalue weighted by Crippen LogP contribution is -2.10. The van der Waals surface area contributed by atoms with E-state index in [1.54, 1.807) is 0 Å². The van der Waals surface area contributed by atoms with Crippen molar-refractivity contribution >= 4 is 23.0 Å². The molecule has 94 valence electrons. The van der Waals surface area contributed by atoms with Gasteiger partial charge in [0, 0.05) is 17.0 Å². The molecule has 7 nitrogen and oxygen atoms in total. The van der Waals surface area contributed by atoms with Crippen molar-refractivity contribution in [2.24, 2.45) is 5.73 Å². The Morgan fingerprint density at radius 3 is 2.61 bits per heavy atom. The fourth-order valence-electron chi connectivity index (χ4n) is 1.64. The summed E-state index contributed by atoms with van der Waals surface area (Å²) in [5.41, 5.74) is 5.93. The van der Waals surface area contributed by atoms with E-state index >= 15 is 0 Å². The van der Waals surface area contributed by atoms with Crippen molar-refractivity contribution in [3.63, 3.8) is 0 Å². The average Bonchev–Trinajstić information content (AvgIpc) is 2.68. The van der Waals surface area contributed by atoms with Gasteiger partial charge in [0.15, 0.2) is 0 Å². The summed E-state index contributed by atoms with van der Waals surface area (Å²) in [6, 6.07) is 4.44. The first-order valence-electron chi connectivity index (χ1n) is 4.92. The number of carbonyl (C=O) groups is 2. The standard InChI is InChI=1S/C11H10N2O5/c1-17-8-3-5(10(12)14)2-7-6(8)4-9(13-7)18-11(15)16/h2-4,13H,1H3,(H2,12,14)(H,15,16). The molecule has 18 heavy (non-hydrogen) atoms. The lowest BCUT2D eigenvalue weighted by Gasteiger charge is -2.03. The molecule has 0 aliphatic heterocycles. The monoisotopic (exact) mass is 250 g/mol. The van der Waals surface area contributed by atoms with Crippen molar-refractivity contribution in [2.45, 2.75) is 0 Å². The van der Waals surface area contributed by atoms with E-state index in [1.807, 2.05) is 0 Å². The number of amides is 1. The van der Waals surface area contributed by atoms with E-state index in [9.17, 15) is 9.59 Å². The number of carboxylic acid groups (broad SMARTS) is 1. The molecule has 4 N–H and O–H groups in total. The minimum Gasteiger partial charge on any atom is -0.496 e. The van der Waals surface area contributed by atoms with Gasteiger partial charge < -0.3 is 25.3 Å². The summed E-state index contributed by atoms with van der Waals surface area (Å²) in [5, 5.41) is 9.11. The highest BCUT2D eigenvalue weighted by atomic mass is 16.7. The average molecular weight is 250 g/mol. The molecule has 0 aliphatic carbocycles. The second-order valence-electron chi connectivity index (χ2n) is 3.51. The van der Waals surface area contributed by atoms with Gasteiger partial charge in [0.1, 0.15) is 5.75 Å². The maximum Gasteiger partial charge on any atom is 0.512 e. The maximum absolute atomic E-state index is 11.1. The predicted molar refractivity (Wildman–Crippen MR) is 62.0 cm³/mol. The smallest absolute Gasteiger partial charge is 0.496 e. The lowest BCUT2D eigenvalue weighted by atomic mass is 10.1. The number of hydrogen-bond donors (Lipinski definition) is 3. The van der Waals surface area contributed by atoms with Gasteiger partial charge in [0.2, 0.25) is 11.8 Å². The molecule has 7 heteroatoms. The predicted octanol–water partition coefficient (Wildman–Crippen LogP) is 1.33. The van der Waals surface area contributed by atoms with Crippen LogP contribution < -0.4 is 15.2 Å². The Morgan fingerprint density at radius 1 is 1.33 bits per heavy atom. The van der Waals surface area contributed by atoms with Gasteiger partial charge >= 0.3 is 6.16 Å². The van der Waals surface area contributed by atoms with E-state index in [-0.39, 0.29) is 11.4 Å². The molecule has 0 unspecified atom stereocenters. The number of primary amides is 1. The van der Waals surface area contributed by atoms with Crippen molar-refractivity contribution in [3.8, 4) is 11.6 Å². The van der Waals surface area contributed by atoms with Crippen LogP contribution in [0.15, 0.2) is 18.2 Å². The molecular formula is C11H10N2O5. The second-order valence-corrected chi connectivity index (χ2v) is 3.51. The number of nitrogens with one attached hydrogen (secondary N) is 1. The van der Waals surface area contributed by atoms with Gasteiger partial charge in [0.25, 0.3) is 0 Å². The van der Waals surface area contributed by atoms with Gasteiger partial charge in [-0.2, -0.15) is 0 Å². The Kier molecular flexibility index (Phi) is 2.80. The Hall–Kier alpha value is -2.70. The molecule has 0 saturated carbocycles. The molecule has 2 aromatic rings. The molecule has 0 fully saturated rings. The Labute approximate surface area is 101 Å². The third kappa shape index (κ3) is 2.05. The number of fused-ring (bicyclic) bond motifs is 1. The SMILES string of the molecule is COc1cc(C(N)=O)cc2[nH]c(OC(=O)O)cc12. The highest BCUT2D eigenvalue weighted by Crippen LogP contribution is 2.30. The number of aromatic amines is 1. The van der Waals surface area contributed by atoms with Gasteiger partial charge in [-0.1, -0.05) is 0 Å². The maximum atomic E-state index is 11.1. The van der Waals surface area contributed by atoms with Crippen LogP contribution in [-0.4, -0.2) is 29.3 Å². The normalized spacial score (nSPS) is 10.3.